The van der Waals surface area contributed by atoms with Crippen LogP contribution in [0.1, 0.15) is 13.3 Å². The van der Waals surface area contributed by atoms with E-state index in [-0.39, 0.29) is 12.1 Å². The van der Waals surface area contributed by atoms with Crippen LogP contribution in [-0.4, -0.2) is 28.7 Å². The molecular weight excluding hydrogens is 260 g/mol. The number of nitrogens with one attached hydrogen (secondary N) is 1. The molecular formula is C9H13BrN4O. The second-order valence-electron chi connectivity index (χ2n) is 3.54. The van der Waals surface area contributed by atoms with Crippen molar-refractivity contribution in [1.82, 2.24) is 9.97 Å². The standard InChI is InChI=1S/C9H13BrN4O/c1-5-6(2-3-15-5)14-9-7(10)8(11)12-4-13-9/h4-6H,2-3H2,1H3,(H3,11,12,13,14). The Balaban J connectivity index is 2.13. The van der Waals surface area contributed by atoms with Crippen molar-refractivity contribution in [3.8, 4) is 0 Å². The molecule has 5 nitrogen and oxygen atoms in total. The van der Waals surface area contributed by atoms with Crippen molar-refractivity contribution in [3.63, 3.8) is 0 Å². The van der Waals surface area contributed by atoms with Crippen molar-refractivity contribution in [2.45, 2.75) is 25.5 Å². The average Bonchev–Trinajstić information content (AvgIpc) is 2.60. The van der Waals surface area contributed by atoms with Gasteiger partial charge in [-0.25, -0.2) is 9.97 Å². The van der Waals surface area contributed by atoms with Crippen molar-refractivity contribution in [3.05, 3.63) is 10.8 Å². The summed E-state index contributed by atoms with van der Waals surface area (Å²) in [5.41, 5.74) is 5.66. The number of halogens is 1. The first kappa shape index (κ1) is 10.6. The van der Waals surface area contributed by atoms with Crippen molar-refractivity contribution < 1.29 is 4.74 Å². The van der Waals surface area contributed by atoms with Gasteiger partial charge in [0.2, 0.25) is 0 Å². The third kappa shape index (κ3) is 2.21. The molecule has 0 amide bonds. The van der Waals surface area contributed by atoms with Gasteiger partial charge in [0.1, 0.15) is 22.4 Å². The predicted octanol–water partition coefficient (Wildman–Crippen LogP) is 1.41. The van der Waals surface area contributed by atoms with E-state index in [9.17, 15) is 0 Å². The molecule has 1 fully saturated rings. The summed E-state index contributed by atoms with van der Waals surface area (Å²) in [5.74, 6) is 1.17. The van der Waals surface area contributed by atoms with Gasteiger partial charge in [0.05, 0.1) is 12.1 Å². The predicted molar refractivity (Wildman–Crippen MR) is 61.6 cm³/mol. The Hall–Kier alpha value is -0.880. The van der Waals surface area contributed by atoms with Crippen molar-refractivity contribution in [2.24, 2.45) is 0 Å². The molecule has 0 spiro atoms. The summed E-state index contributed by atoms with van der Waals surface area (Å²) in [6.45, 7) is 2.83. The lowest BCUT2D eigenvalue weighted by Gasteiger charge is -2.17. The van der Waals surface area contributed by atoms with E-state index in [1.54, 1.807) is 0 Å². The monoisotopic (exact) mass is 272 g/mol. The lowest BCUT2D eigenvalue weighted by molar-refractivity contribution is 0.121. The van der Waals surface area contributed by atoms with Gasteiger partial charge in [-0.3, -0.25) is 0 Å². The highest BCUT2D eigenvalue weighted by atomic mass is 79.9. The van der Waals surface area contributed by atoms with Crippen LogP contribution in [0.25, 0.3) is 0 Å². The van der Waals surface area contributed by atoms with E-state index in [2.05, 4.69) is 31.2 Å². The number of nitrogen functional groups attached to an aromatic ring is 1. The number of hydrogen-bond donors (Lipinski definition) is 2. The van der Waals surface area contributed by atoms with Crippen LogP contribution in [0.2, 0.25) is 0 Å². The molecule has 82 valence electrons. The largest absolute Gasteiger partial charge is 0.383 e. The first-order valence-corrected chi connectivity index (χ1v) is 5.62. The third-order valence-corrected chi connectivity index (χ3v) is 3.30. The molecule has 1 aliphatic heterocycles. The minimum absolute atomic E-state index is 0.202. The number of ether oxygens (including phenoxy) is 1. The van der Waals surface area contributed by atoms with Crippen molar-refractivity contribution in [1.29, 1.82) is 0 Å². The van der Waals surface area contributed by atoms with Gasteiger partial charge >= 0.3 is 0 Å². The maximum absolute atomic E-state index is 5.66. The van der Waals surface area contributed by atoms with E-state index >= 15 is 0 Å². The summed E-state index contributed by atoms with van der Waals surface area (Å²) >= 11 is 3.35. The zero-order chi connectivity index (χ0) is 10.8. The van der Waals surface area contributed by atoms with E-state index in [0.717, 1.165) is 18.8 Å². The molecule has 2 heterocycles. The smallest absolute Gasteiger partial charge is 0.146 e. The molecule has 0 bridgehead atoms. The van der Waals surface area contributed by atoms with Gasteiger partial charge in [-0.05, 0) is 29.3 Å². The second kappa shape index (κ2) is 4.32. The minimum Gasteiger partial charge on any atom is -0.383 e. The molecule has 1 saturated heterocycles. The zero-order valence-electron chi connectivity index (χ0n) is 8.40. The molecule has 3 N–H and O–H groups in total. The van der Waals surface area contributed by atoms with Crippen LogP contribution in [0.15, 0.2) is 10.8 Å². The third-order valence-electron chi connectivity index (χ3n) is 2.51. The highest BCUT2D eigenvalue weighted by Gasteiger charge is 2.25. The van der Waals surface area contributed by atoms with Crippen molar-refractivity contribution in [2.75, 3.05) is 17.7 Å². The Morgan fingerprint density at radius 3 is 3.07 bits per heavy atom. The summed E-state index contributed by atoms with van der Waals surface area (Å²) in [6.07, 6.45) is 2.63. The van der Waals surface area contributed by atoms with E-state index in [0.29, 0.717) is 10.3 Å². The van der Waals surface area contributed by atoms with E-state index < -0.39 is 0 Å². The molecule has 1 aromatic rings. The topological polar surface area (TPSA) is 73.1 Å². The van der Waals surface area contributed by atoms with Gasteiger partial charge in [-0.15, -0.1) is 0 Å². The summed E-state index contributed by atoms with van der Waals surface area (Å²) in [5, 5.41) is 3.30. The zero-order valence-corrected chi connectivity index (χ0v) is 9.99. The van der Waals surface area contributed by atoms with Gasteiger partial charge < -0.3 is 15.8 Å². The summed E-state index contributed by atoms with van der Waals surface area (Å²) < 4.78 is 6.17. The number of hydrogen-bond acceptors (Lipinski definition) is 5. The molecule has 0 radical (unpaired) electrons. The van der Waals surface area contributed by atoms with E-state index in [1.807, 2.05) is 6.92 Å². The molecule has 2 rings (SSSR count). The number of anilines is 2. The first-order valence-electron chi connectivity index (χ1n) is 4.82. The summed E-state index contributed by atoms with van der Waals surface area (Å²) in [7, 11) is 0. The van der Waals surface area contributed by atoms with Crippen LogP contribution in [0.3, 0.4) is 0 Å². The molecule has 0 saturated carbocycles. The van der Waals surface area contributed by atoms with Crippen LogP contribution >= 0.6 is 15.9 Å². The van der Waals surface area contributed by atoms with Crippen LogP contribution < -0.4 is 11.1 Å². The minimum atomic E-state index is 0.202. The molecule has 6 heteroatoms. The number of nitrogens with two attached hydrogens (primary N) is 1. The first-order chi connectivity index (χ1) is 7.18. The normalized spacial score (nSPS) is 25.5. The van der Waals surface area contributed by atoms with Crippen molar-refractivity contribution >= 4 is 27.6 Å². The lowest BCUT2D eigenvalue weighted by atomic mass is 10.1. The SMILES string of the molecule is CC1OCCC1Nc1ncnc(N)c1Br. The molecule has 2 unspecified atom stereocenters. The van der Waals surface area contributed by atoms with Gasteiger partial charge in [0.15, 0.2) is 0 Å². The van der Waals surface area contributed by atoms with Crippen LogP contribution in [-0.2, 0) is 4.74 Å². The van der Waals surface area contributed by atoms with E-state index in [1.165, 1.54) is 6.33 Å². The van der Waals surface area contributed by atoms with Gasteiger partial charge in [0, 0.05) is 6.61 Å². The number of rotatable bonds is 2. The Labute approximate surface area is 96.6 Å². The highest BCUT2D eigenvalue weighted by Crippen LogP contribution is 2.26. The fourth-order valence-corrected chi connectivity index (χ4v) is 1.90. The molecule has 2 atom stereocenters. The quantitative estimate of drug-likeness (QED) is 0.852. The van der Waals surface area contributed by atoms with Gasteiger partial charge in [-0.2, -0.15) is 0 Å². The number of aromatic nitrogens is 2. The second-order valence-corrected chi connectivity index (χ2v) is 4.33. The average molecular weight is 273 g/mol. The maximum atomic E-state index is 5.66. The molecule has 1 aliphatic rings. The van der Waals surface area contributed by atoms with E-state index in [4.69, 9.17) is 10.5 Å². The Morgan fingerprint density at radius 1 is 1.60 bits per heavy atom. The van der Waals surface area contributed by atoms with Crippen LogP contribution in [0.5, 0.6) is 0 Å². The van der Waals surface area contributed by atoms with Gasteiger partial charge in [0.25, 0.3) is 0 Å². The summed E-state index contributed by atoms with van der Waals surface area (Å²) in [6, 6.07) is 0.288. The fourth-order valence-electron chi connectivity index (χ4n) is 1.58. The Bertz CT molecular complexity index is 360. The molecule has 0 aromatic carbocycles. The fraction of sp³-hybridized carbons (Fsp3) is 0.556. The highest BCUT2D eigenvalue weighted by molar-refractivity contribution is 9.10. The maximum Gasteiger partial charge on any atom is 0.146 e. The Morgan fingerprint density at radius 2 is 2.40 bits per heavy atom. The number of nitrogens with zero attached hydrogens (tertiary/aromatic N) is 2. The van der Waals surface area contributed by atoms with Crippen LogP contribution in [0, 0.1) is 0 Å². The molecule has 15 heavy (non-hydrogen) atoms. The molecule has 1 aromatic heterocycles. The van der Waals surface area contributed by atoms with Gasteiger partial charge in [-0.1, -0.05) is 0 Å². The Kier molecular flexibility index (Phi) is 3.06. The summed E-state index contributed by atoms with van der Waals surface area (Å²) in [4.78, 5) is 8.01. The van der Waals surface area contributed by atoms with Crippen LogP contribution in [0.4, 0.5) is 11.6 Å². The molecule has 0 aliphatic carbocycles. The lowest BCUT2D eigenvalue weighted by Crippen LogP contribution is -2.27.